The summed E-state index contributed by atoms with van der Waals surface area (Å²) in [7, 11) is 0. The van der Waals surface area contributed by atoms with Crippen molar-refractivity contribution < 1.29 is 9.59 Å². The van der Waals surface area contributed by atoms with E-state index in [1.54, 1.807) is 31.2 Å². The number of H-pyrrole nitrogens is 2. The summed E-state index contributed by atoms with van der Waals surface area (Å²) in [4.78, 5) is 56.8. The van der Waals surface area contributed by atoms with Crippen LogP contribution in [0.4, 0.5) is 0 Å². The zero-order valence-corrected chi connectivity index (χ0v) is 30.6. The highest BCUT2D eigenvalue weighted by molar-refractivity contribution is 5.85. The lowest BCUT2D eigenvalue weighted by atomic mass is 10.0. The van der Waals surface area contributed by atoms with Crippen LogP contribution in [0.5, 0.6) is 0 Å². The smallest absolute Gasteiger partial charge is 0.250 e. The molecule has 9 rings (SSSR count). The largest absolute Gasteiger partial charge is 0.340 e. The van der Waals surface area contributed by atoms with E-state index < -0.39 is 12.1 Å². The molecule has 0 bridgehead atoms. The van der Waals surface area contributed by atoms with Crippen LogP contribution in [0.25, 0.3) is 11.3 Å². The zero-order valence-electron chi connectivity index (χ0n) is 30.6. The van der Waals surface area contributed by atoms with Gasteiger partial charge in [0, 0.05) is 43.4 Å². The van der Waals surface area contributed by atoms with E-state index in [1.807, 2.05) is 122 Å². The van der Waals surface area contributed by atoms with Gasteiger partial charge in [-0.3, -0.25) is 9.59 Å². The molecule has 12 nitrogen and oxygen atoms in total. The van der Waals surface area contributed by atoms with Crippen molar-refractivity contribution in [2.24, 2.45) is 0 Å². The molecule has 0 spiro atoms. The van der Waals surface area contributed by atoms with Crippen LogP contribution in [0, 0.1) is 11.8 Å². The molecule has 2 aliphatic rings. The summed E-state index contributed by atoms with van der Waals surface area (Å²) in [6.07, 6.45) is 17.5. The fourth-order valence-electron chi connectivity index (χ4n) is 8.04. The molecule has 3 aromatic carbocycles. The van der Waals surface area contributed by atoms with E-state index in [0.29, 0.717) is 18.8 Å². The fourth-order valence-corrected chi connectivity index (χ4v) is 8.04. The fraction of sp³-hybridized carbons (Fsp3) is 0.227. The topological polar surface area (TPSA) is 134 Å². The molecule has 2 unspecified atom stereocenters. The van der Waals surface area contributed by atoms with Crippen LogP contribution in [-0.4, -0.2) is 73.7 Å². The molecular weight excluding hydrogens is 701 g/mol. The molecular formula is C44H40N10O2. The Labute approximate surface area is 324 Å². The molecule has 0 aliphatic carbocycles. The highest BCUT2D eigenvalue weighted by Crippen LogP contribution is 2.36. The molecule has 2 aliphatic heterocycles. The number of likely N-dealkylation sites (tertiary alicyclic amines) is 2. The number of carbonyl (C=O) groups is 2. The second kappa shape index (κ2) is 15.4. The number of hydrogen-bond donors (Lipinski definition) is 2. The first-order valence-corrected chi connectivity index (χ1v) is 19.0. The number of rotatable bonds is 9. The predicted octanol–water partition coefficient (Wildman–Crippen LogP) is 6.50. The minimum Gasteiger partial charge on any atom is -0.340 e. The number of imidazole rings is 4. The Kier molecular flexibility index (Phi) is 9.55. The van der Waals surface area contributed by atoms with Crippen molar-refractivity contribution in [2.75, 3.05) is 13.1 Å². The molecule has 7 aromatic rings. The van der Waals surface area contributed by atoms with Gasteiger partial charge >= 0.3 is 0 Å². The molecule has 4 atom stereocenters. The van der Waals surface area contributed by atoms with Crippen LogP contribution in [0.3, 0.4) is 0 Å². The highest BCUT2D eigenvalue weighted by atomic mass is 16.2. The minimum atomic E-state index is -0.502. The van der Waals surface area contributed by atoms with Crippen molar-refractivity contribution in [3.05, 3.63) is 169 Å². The maximum Gasteiger partial charge on any atom is 0.250 e. The van der Waals surface area contributed by atoms with Gasteiger partial charge in [-0.1, -0.05) is 78.7 Å². The average Bonchev–Trinajstić information content (AvgIpc) is 4.08. The lowest BCUT2D eigenvalue weighted by molar-refractivity contribution is -0.135. The Morgan fingerprint density at radius 2 is 1.18 bits per heavy atom. The Hall–Kier alpha value is -7.00. The Bertz CT molecular complexity index is 2460. The van der Waals surface area contributed by atoms with Crippen LogP contribution in [0.15, 0.2) is 135 Å². The monoisotopic (exact) mass is 740 g/mol. The normalized spacial score (nSPS) is 17.7. The number of benzene rings is 3. The first-order chi connectivity index (χ1) is 27.6. The van der Waals surface area contributed by atoms with E-state index in [0.717, 1.165) is 65.3 Å². The third-order valence-electron chi connectivity index (χ3n) is 10.8. The zero-order chi connectivity index (χ0) is 37.8. The molecule has 12 heteroatoms. The molecule has 2 saturated heterocycles. The minimum absolute atomic E-state index is 0.0153. The first kappa shape index (κ1) is 34.7. The van der Waals surface area contributed by atoms with Gasteiger partial charge in [0.1, 0.15) is 29.4 Å². The third-order valence-corrected chi connectivity index (χ3v) is 10.8. The summed E-state index contributed by atoms with van der Waals surface area (Å²) >= 11 is 0. The summed E-state index contributed by atoms with van der Waals surface area (Å²) in [5.41, 5.74) is 5.23. The Balaban J connectivity index is 0.873. The van der Waals surface area contributed by atoms with Crippen molar-refractivity contribution >= 4 is 11.8 Å². The number of aromatic nitrogens is 8. The summed E-state index contributed by atoms with van der Waals surface area (Å²) in [5.74, 6) is 8.03. The van der Waals surface area contributed by atoms with Gasteiger partial charge in [0.25, 0.3) is 11.8 Å². The van der Waals surface area contributed by atoms with Gasteiger partial charge in [0.05, 0.1) is 42.8 Å². The van der Waals surface area contributed by atoms with Gasteiger partial charge in [0.2, 0.25) is 0 Å². The quantitative estimate of drug-likeness (QED) is 0.163. The lowest BCUT2D eigenvalue weighted by Gasteiger charge is -2.28. The second-order valence-electron chi connectivity index (χ2n) is 14.2. The number of hydrogen-bond acceptors (Lipinski definition) is 6. The Morgan fingerprint density at radius 1 is 0.643 bits per heavy atom. The third kappa shape index (κ3) is 6.91. The van der Waals surface area contributed by atoms with Crippen LogP contribution in [-0.2, 0) is 9.59 Å². The molecule has 0 radical (unpaired) electrons. The van der Waals surface area contributed by atoms with Crippen molar-refractivity contribution in [3.8, 4) is 23.1 Å². The molecule has 56 heavy (non-hydrogen) atoms. The average molecular weight is 741 g/mol. The number of aromatic amines is 2. The number of nitrogens with zero attached hydrogens (tertiary/aromatic N) is 8. The van der Waals surface area contributed by atoms with E-state index in [4.69, 9.17) is 4.98 Å². The number of carbonyl (C=O) groups excluding carboxylic acids is 2. The summed E-state index contributed by atoms with van der Waals surface area (Å²) in [5, 5.41) is 0. The molecule has 2 fully saturated rings. The maximum atomic E-state index is 14.1. The van der Waals surface area contributed by atoms with E-state index in [-0.39, 0.29) is 23.9 Å². The van der Waals surface area contributed by atoms with Crippen LogP contribution >= 0.6 is 0 Å². The highest BCUT2D eigenvalue weighted by Gasteiger charge is 2.38. The van der Waals surface area contributed by atoms with E-state index in [1.165, 1.54) is 0 Å². The van der Waals surface area contributed by atoms with Crippen molar-refractivity contribution in [1.29, 1.82) is 0 Å². The van der Waals surface area contributed by atoms with Crippen LogP contribution < -0.4 is 0 Å². The van der Waals surface area contributed by atoms with Gasteiger partial charge in [-0.25, -0.2) is 19.9 Å². The SMILES string of the molecule is O=C(C(c1ccccc1)n1ccnc1)N1CCC[C@H]1c1ncc(C#Cc2ccc(-c3cnc([C@@H]4CCCN4C(=O)C(c4ccccc4)n4ccnc4)[nH]3)cc2)[nH]1. The van der Waals surface area contributed by atoms with Gasteiger partial charge in [-0.2, -0.15) is 0 Å². The van der Waals surface area contributed by atoms with Crippen molar-refractivity contribution in [3.63, 3.8) is 0 Å². The number of nitrogens with one attached hydrogen (secondary N) is 2. The summed E-state index contributed by atoms with van der Waals surface area (Å²) < 4.78 is 3.73. The molecule has 2 amide bonds. The molecule has 6 heterocycles. The summed E-state index contributed by atoms with van der Waals surface area (Å²) in [6.45, 7) is 1.33. The molecule has 0 saturated carbocycles. The van der Waals surface area contributed by atoms with Gasteiger partial charge in [-0.15, -0.1) is 0 Å². The van der Waals surface area contributed by atoms with E-state index >= 15 is 0 Å². The lowest BCUT2D eigenvalue weighted by Crippen LogP contribution is -2.37. The van der Waals surface area contributed by atoms with Crippen molar-refractivity contribution in [2.45, 2.75) is 49.9 Å². The van der Waals surface area contributed by atoms with Gasteiger partial charge in [-0.05, 0) is 60.4 Å². The van der Waals surface area contributed by atoms with E-state index in [9.17, 15) is 9.59 Å². The summed E-state index contributed by atoms with van der Waals surface area (Å²) in [6, 6.07) is 26.4. The predicted molar refractivity (Wildman–Crippen MR) is 210 cm³/mol. The Morgan fingerprint density at radius 3 is 1.71 bits per heavy atom. The molecule has 4 aromatic heterocycles. The second-order valence-corrected chi connectivity index (χ2v) is 14.2. The van der Waals surface area contributed by atoms with E-state index in [2.05, 4.69) is 36.8 Å². The van der Waals surface area contributed by atoms with Crippen LogP contribution in [0.2, 0.25) is 0 Å². The van der Waals surface area contributed by atoms with Crippen LogP contribution in [0.1, 0.15) is 83.9 Å². The maximum absolute atomic E-state index is 14.1. The number of amides is 2. The standard InChI is InChI=1S/C44H40N10O2/c55-43(39(51-25-21-45-29-51)33-9-3-1-4-10-33)53-23-7-13-37(53)41-47-27-35(49-41)20-17-31-15-18-32(19-16-31)36-28-48-42(50-36)38-14-8-24-54(38)44(56)40(52-26-22-46-30-52)34-11-5-2-6-12-34/h1-6,9-12,15-16,18-19,21-22,25-30,37-40H,7-8,13-14,23-24H2,(H,47,49)(H,48,50)/t37-,38-,39?,40?/m0/s1. The molecule has 2 N–H and O–H groups in total. The first-order valence-electron chi connectivity index (χ1n) is 19.0. The molecule has 278 valence electrons. The van der Waals surface area contributed by atoms with Gasteiger partial charge < -0.3 is 28.9 Å². The van der Waals surface area contributed by atoms with Gasteiger partial charge in [0.15, 0.2) is 0 Å². The van der Waals surface area contributed by atoms with Crippen molar-refractivity contribution in [1.82, 2.24) is 48.8 Å².